The SMILES string of the molecule is CCCCC(I)OC(=O)Oc1c2ccccc2c(OC(=O)OC(I)CCCC)c2cc(CC)ccc12. The maximum atomic E-state index is 12.7. The molecule has 0 aliphatic heterocycles. The molecule has 0 spiro atoms. The number of aryl methyl sites for hydroxylation is 1. The van der Waals surface area contributed by atoms with Crippen molar-refractivity contribution >= 4 is 79.0 Å². The highest BCUT2D eigenvalue weighted by Gasteiger charge is 2.23. The maximum absolute atomic E-state index is 12.7. The Hall–Kier alpha value is -1.82. The third kappa shape index (κ3) is 7.60. The number of alkyl halides is 2. The number of carbonyl (C=O) groups is 2. The minimum atomic E-state index is -0.756. The molecule has 36 heavy (non-hydrogen) atoms. The zero-order valence-electron chi connectivity index (χ0n) is 20.9. The third-order valence-electron chi connectivity index (χ3n) is 5.79. The van der Waals surface area contributed by atoms with Gasteiger partial charge in [0.2, 0.25) is 0 Å². The summed E-state index contributed by atoms with van der Waals surface area (Å²) in [6.07, 6.45) is 4.78. The molecule has 0 N–H and O–H groups in total. The topological polar surface area (TPSA) is 71.1 Å². The lowest BCUT2D eigenvalue weighted by Gasteiger charge is -2.18. The molecule has 0 aromatic heterocycles. The summed E-state index contributed by atoms with van der Waals surface area (Å²) in [7, 11) is 0. The van der Waals surface area contributed by atoms with E-state index in [2.05, 4.69) is 66.0 Å². The largest absolute Gasteiger partial charge is 0.514 e. The van der Waals surface area contributed by atoms with E-state index in [9.17, 15) is 9.59 Å². The Balaban J connectivity index is 2.03. The molecule has 0 aliphatic rings. The van der Waals surface area contributed by atoms with Gasteiger partial charge in [0.15, 0.2) is 8.22 Å². The van der Waals surface area contributed by atoms with Crippen LogP contribution in [0.5, 0.6) is 11.5 Å². The van der Waals surface area contributed by atoms with Gasteiger partial charge in [0.05, 0.1) is 0 Å². The van der Waals surface area contributed by atoms with Crippen molar-refractivity contribution in [3.8, 4) is 11.5 Å². The average Bonchev–Trinajstić information content (AvgIpc) is 2.87. The number of carbonyl (C=O) groups excluding carboxylic acids is 2. The summed E-state index contributed by atoms with van der Waals surface area (Å²) in [5.74, 6) is 0.762. The number of benzene rings is 3. The number of unbranched alkanes of at least 4 members (excludes halogenated alkanes) is 2. The minimum absolute atomic E-state index is 0.273. The Morgan fingerprint density at radius 2 is 1.19 bits per heavy atom. The van der Waals surface area contributed by atoms with Crippen molar-refractivity contribution in [2.75, 3.05) is 0 Å². The van der Waals surface area contributed by atoms with Crippen LogP contribution in [0.2, 0.25) is 0 Å². The van der Waals surface area contributed by atoms with Gasteiger partial charge in [0.1, 0.15) is 11.5 Å². The zero-order valence-corrected chi connectivity index (χ0v) is 25.2. The van der Waals surface area contributed by atoms with E-state index >= 15 is 0 Å². The van der Waals surface area contributed by atoms with E-state index in [-0.39, 0.29) is 8.22 Å². The van der Waals surface area contributed by atoms with Crippen LogP contribution >= 0.6 is 45.2 Å². The van der Waals surface area contributed by atoms with Crippen LogP contribution in [-0.2, 0) is 15.9 Å². The summed E-state index contributed by atoms with van der Waals surface area (Å²) in [6, 6.07) is 13.2. The Bertz CT molecular complexity index is 1200. The number of hydrogen-bond donors (Lipinski definition) is 0. The van der Waals surface area contributed by atoms with Gasteiger partial charge in [-0.1, -0.05) is 70.0 Å². The highest BCUT2D eigenvalue weighted by atomic mass is 127. The van der Waals surface area contributed by atoms with E-state index in [0.717, 1.165) is 50.5 Å². The monoisotopic (exact) mass is 718 g/mol. The molecule has 8 heteroatoms. The quantitative estimate of drug-likeness (QED) is 0.0647. The maximum Gasteiger partial charge on any atom is 0.514 e. The van der Waals surface area contributed by atoms with Gasteiger partial charge in [0.25, 0.3) is 0 Å². The smallest absolute Gasteiger partial charge is 0.420 e. The predicted molar refractivity (Wildman–Crippen MR) is 160 cm³/mol. The molecular weight excluding hydrogens is 686 g/mol. The van der Waals surface area contributed by atoms with Crippen molar-refractivity contribution in [2.45, 2.75) is 73.9 Å². The molecule has 2 unspecified atom stereocenters. The predicted octanol–water partition coefficient (Wildman–Crippen LogP) is 9.49. The number of hydrogen-bond acceptors (Lipinski definition) is 6. The molecule has 0 radical (unpaired) electrons. The van der Waals surface area contributed by atoms with E-state index < -0.39 is 12.3 Å². The lowest BCUT2D eigenvalue weighted by molar-refractivity contribution is 0.0906. The zero-order chi connectivity index (χ0) is 26.1. The average molecular weight is 718 g/mol. The lowest BCUT2D eigenvalue weighted by Crippen LogP contribution is -2.17. The minimum Gasteiger partial charge on any atom is -0.420 e. The first-order valence-electron chi connectivity index (χ1n) is 12.4. The molecule has 0 heterocycles. The van der Waals surface area contributed by atoms with E-state index in [0.29, 0.717) is 33.0 Å². The van der Waals surface area contributed by atoms with Crippen molar-refractivity contribution in [3.63, 3.8) is 0 Å². The van der Waals surface area contributed by atoms with Gasteiger partial charge in [-0.25, -0.2) is 9.59 Å². The third-order valence-corrected chi connectivity index (χ3v) is 7.54. The van der Waals surface area contributed by atoms with Crippen LogP contribution in [0.3, 0.4) is 0 Å². The van der Waals surface area contributed by atoms with Gasteiger partial charge < -0.3 is 18.9 Å². The summed E-state index contributed by atoms with van der Waals surface area (Å²) in [4.78, 5) is 25.5. The Labute approximate surface area is 239 Å². The summed E-state index contributed by atoms with van der Waals surface area (Å²) in [5.41, 5.74) is 1.06. The number of ether oxygens (including phenoxy) is 4. The van der Waals surface area contributed by atoms with Gasteiger partial charge in [-0.2, -0.15) is 0 Å². The number of fused-ring (bicyclic) bond motifs is 2. The van der Waals surface area contributed by atoms with Gasteiger partial charge in [0, 0.05) is 21.5 Å². The van der Waals surface area contributed by atoms with E-state index in [1.807, 2.05) is 42.5 Å². The summed E-state index contributed by atoms with van der Waals surface area (Å²) >= 11 is 4.22. The van der Waals surface area contributed by atoms with E-state index in [1.165, 1.54) is 0 Å². The van der Waals surface area contributed by atoms with E-state index in [1.54, 1.807) is 0 Å². The second kappa shape index (κ2) is 14.2. The van der Waals surface area contributed by atoms with Crippen LogP contribution in [0.25, 0.3) is 21.5 Å². The van der Waals surface area contributed by atoms with Gasteiger partial charge >= 0.3 is 12.3 Å². The summed E-state index contributed by atoms with van der Waals surface area (Å²) in [5, 5.41) is 2.61. The highest BCUT2D eigenvalue weighted by Crippen LogP contribution is 2.43. The Morgan fingerprint density at radius 1 is 0.722 bits per heavy atom. The van der Waals surface area contributed by atoms with Crippen molar-refractivity contribution in [3.05, 3.63) is 48.0 Å². The lowest BCUT2D eigenvalue weighted by atomic mass is 9.98. The fourth-order valence-corrected chi connectivity index (χ4v) is 5.15. The molecule has 0 bridgehead atoms. The fourth-order valence-electron chi connectivity index (χ4n) is 3.86. The normalized spacial score (nSPS) is 12.8. The second-order valence-electron chi connectivity index (χ2n) is 8.48. The first kappa shape index (κ1) is 28.7. The molecule has 0 saturated carbocycles. The molecule has 194 valence electrons. The molecule has 0 saturated heterocycles. The van der Waals surface area contributed by atoms with Crippen molar-refractivity contribution < 1.29 is 28.5 Å². The van der Waals surface area contributed by atoms with Gasteiger partial charge in [-0.05, 0) is 88.9 Å². The van der Waals surface area contributed by atoms with Gasteiger partial charge in [-0.15, -0.1) is 0 Å². The van der Waals surface area contributed by atoms with Crippen LogP contribution < -0.4 is 9.47 Å². The van der Waals surface area contributed by atoms with Crippen LogP contribution in [0.15, 0.2) is 42.5 Å². The molecule has 0 aliphatic carbocycles. The molecule has 6 nitrogen and oxygen atoms in total. The fraction of sp³-hybridized carbons (Fsp3) is 0.429. The molecule has 2 atom stereocenters. The molecule has 3 aromatic carbocycles. The standard InChI is InChI=1S/C28H32I2O6/c1-4-7-13-23(29)33-27(31)35-25-19-11-9-10-12-20(19)26(22-17-18(6-3)15-16-21(22)25)36-28(32)34-24(30)14-8-5-2/h9-12,15-17,23-24H,4-8,13-14H2,1-3H3. The molecular formula is C28H32I2O6. The Kier molecular flexibility index (Phi) is 11.3. The second-order valence-corrected chi connectivity index (χ2v) is 11.3. The summed E-state index contributed by atoms with van der Waals surface area (Å²) < 4.78 is 22.1. The van der Waals surface area contributed by atoms with Gasteiger partial charge in [-0.3, -0.25) is 0 Å². The van der Waals surface area contributed by atoms with Crippen LogP contribution in [0.1, 0.15) is 64.9 Å². The molecule has 3 aromatic rings. The number of halogens is 2. The van der Waals surface area contributed by atoms with Crippen molar-refractivity contribution in [1.82, 2.24) is 0 Å². The van der Waals surface area contributed by atoms with Crippen LogP contribution in [-0.4, -0.2) is 20.5 Å². The Morgan fingerprint density at radius 3 is 1.67 bits per heavy atom. The first-order valence-corrected chi connectivity index (χ1v) is 14.9. The molecule has 0 fully saturated rings. The number of rotatable bonds is 11. The highest BCUT2D eigenvalue weighted by molar-refractivity contribution is 14.1. The molecule has 3 rings (SSSR count). The van der Waals surface area contributed by atoms with E-state index in [4.69, 9.17) is 18.9 Å². The van der Waals surface area contributed by atoms with Crippen molar-refractivity contribution in [1.29, 1.82) is 0 Å². The van der Waals surface area contributed by atoms with Crippen LogP contribution in [0.4, 0.5) is 9.59 Å². The van der Waals surface area contributed by atoms with Crippen LogP contribution in [0, 0.1) is 0 Å². The van der Waals surface area contributed by atoms with Crippen molar-refractivity contribution in [2.24, 2.45) is 0 Å². The first-order chi connectivity index (χ1) is 17.4. The summed E-state index contributed by atoms with van der Waals surface area (Å²) in [6.45, 7) is 6.24. The molecule has 0 amide bonds.